The van der Waals surface area contributed by atoms with E-state index in [1.54, 1.807) is 0 Å². The molecule has 1 aromatic heterocycles. The van der Waals surface area contributed by atoms with Crippen LogP contribution in [-0.4, -0.2) is 29.6 Å². The summed E-state index contributed by atoms with van der Waals surface area (Å²) >= 11 is 0. The van der Waals surface area contributed by atoms with E-state index >= 15 is 0 Å². The Kier molecular flexibility index (Phi) is 4.22. The van der Waals surface area contributed by atoms with Crippen molar-refractivity contribution in [1.82, 2.24) is 9.97 Å². The molecule has 0 unspecified atom stereocenters. The van der Waals surface area contributed by atoms with Crippen LogP contribution in [0.25, 0.3) is 0 Å². The van der Waals surface area contributed by atoms with Crippen LogP contribution in [0.3, 0.4) is 0 Å². The Balaban J connectivity index is 3.22. The molecule has 1 N–H and O–H groups in total. The van der Waals surface area contributed by atoms with Gasteiger partial charge in [0, 0.05) is 17.8 Å². The quantitative estimate of drug-likeness (QED) is 0.785. The third kappa shape index (κ3) is 2.48. The van der Waals surface area contributed by atoms with Gasteiger partial charge in [0.25, 0.3) is 0 Å². The average Bonchev–Trinajstić information content (AvgIpc) is 2.28. The molecule has 0 saturated heterocycles. The number of methoxy groups -OCH3 is 1. The summed E-state index contributed by atoms with van der Waals surface area (Å²) in [4.78, 5) is 19.6. The zero-order valence-electron chi connectivity index (χ0n) is 10.1. The van der Waals surface area contributed by atoms with Gasteiger partial charge in [-0.3, -0.25) is 0 Å². The highest BCUT2D eigenvalue weighted by atomic mass is 16.5. The minimum atomic E-state index is -0.509. The minimum Gasteiger partial charge on any atom is -0.463 e. The molecule has 5 heteroatoms. The van der Waals surface area contributed by atoms with E-state index in [1.807, 2.05) is 20.8 Å². The van der Waals surface area contributed by atoms with Crippen LogP contribution in [0.2, 0.25) is 0 Å². The zero-order chi connectivity index (χ0) is 12.1. The first-order valence-corrected chi connectivity index (χ1v) is 5.33. The number of nitrogens with zero attached hydrogens (tertiary/aromatic N) is 2. The van der Waals surface area contributed by atoms with E-state index < -0.39 is 5.97 Å². The Morgan fingerprint density at radius 3 is 2.56 bits per heavy atom. The number of carbonyl (C=O) groups is 1. The molecule has 16 heavy (non-hydrogen) atoms. The largest absolute Gasteiger partial charge is 0.463 e. The number of ether oxygens (including phenoxy) is 1. The molecule has 0 atom stereocenters. The second-order valence-electron chi connectivity index (χ2n) is 3.34. The van der Waals surface area contributed by atoms with Gasteiger partial charge in [-0.05, 0) is 20.3 Å². The van der Waals surface area contributed by atoms with Gasteiger partial charge in [-0.2, -0.15) is 0 Å². The van der Waals surface area contributed by atoms with Crippen LogP contribution in [-0.2, 0) is 11.2 Å². The molecule has 0 spiro atoms. The molecule has 0 amide bonds. The van der Waals surface area contributed by atoms with Crippen LogP contribution in [0.15, 0.2) is 0 Å². The number of hydrogen-bond acceptors (Lipinski definition) is 5. The summed E-state index contributed by atoms with van der Waals surface area (Å²) < 4.78 is 4.61. The van der Waals surface area contributed by atoms with Crippen molar-refractivity contribution in [2.45, 2.75) is 27.2 Å². The first-order chi connectivity index (χ1) is 7.63. The number of anilines is 1. The first kappa shape index (κ1) is 12.4. The standard InChI is InChI=1S/C11H17N3O2/c1-5-8-7(3)13-10(11(15)16-4)14-9(8)12-6-2/h5-6H2,1-4H3,(H,12,13,14). The highest BCUT2D eigenvalue weighted by molar-refractivity contribution is 5.85. The molecule has 0 saturated carbocycles. The van der Waals surface area contributed by atoms with Crippen LogP contribution < -0.4 is 5.32 Å². The summed E-state index contributed by atoms with van der Waals surface area (Å²) in [5, 5.41) is 3.13. The molecule has 0 aliphatic heterocycles. The van der Waals surface area contributed by atoms with Crippen molar-refractivity contribution in [2.75, 3.05) is 19.0 Å². The fraction of sp³-hybridized carbons (Fsp3) is 0.545. The number of rotatable bonds is 4. The molecular weight excluding hydrogens is 206 g/mol. The van der Waals surface area contributed by atoms with E-state index in [-0.39, 0.29) is 5.82 Å². The lowest BCUT2D eigenvalue weighted by atomic mass is 10.1. The van der Waals surface area contributed by atoms with Crippen molar-refractivity contribution in [2.24, 2.45) is 0 Å². The van der Waals surface area contributed by atoms with Crippen LogP contribution >= 0.6 is 0 Å². The number of nitrogens with one attached hydrogen (secondary N) is 1. The van der Waals surface area contributed by atoms with Crippen molar-refractivity contribution in [3.63, 3.8) is 0 Å². The van der Waals surface area contributed by atoms with Crippen molar-refractivity contribution in [3.05, 3.63) is 17.1 Å². The Bertz CT molecular complexity index is 391. The topological polar surface area (TPSA) is 64.1 Å². The fourth-order valence-electron chi connectivity index (χ4n) is 1.52. The predicted molar refractivity (Wildman–Crippen MR) is 61.7 cm³/mol. The zero-order valence-corrected chi connectivity index (χ0v) is 10.1. The summed E-state index contributed by atoms with van der Waals surface area (Å²) in [6, 6.07) is 0. The van der Waals surface area contributed by atoms with Gasteiger partial charge in [-0.25, -0.2) is 14.8 Å². The lowest BCUT2D eigenvalue weighted by Crippen LogP contribution is -2.14. The molecule has 0 aliphatic rings. The third-order valence-corrected chi connectivity index (χ3v) is 2.28. The Hall–Kier alpha value is -1.65. The molecule has 1 rings (SSSR count). The lowest BCUT2D eigenvalue weighted by molar-refractivity contribution is 0.0586. The number of hydrogen-bond donors (Lipinski definition) is 1. The Morgan fingerprint density at radius 1 is 1.38 bits per heavy atom. The molecule has 1 heterocycles. The van der Waals surface area contributed by atoms with Gasteiger partial charge in [0.05, 0.1) is 7.11 Å². The van der Waals surface area contributed by atoms with Gasteiger partial charge in [0.15, 0.2) is 0 Å². The van der Waals surface area contributed by atoms with Crippen molar-refractivity contribution in [3.8, 4) is 0 Å². The van der Waals surface area contributed by atoms with Gasteiger partial charge >= 0.3 is 5.97 Å². The smallest absolute Gasteiger partial charge is 0.376 e. The highest BCUT2D eigenvalue weighted by Gasteiger charge is 2.15. The van der Waals surface area contributed by atoms with Gasteiger partial charge < -0.3 is 10.1 Å². The normalized spacial score (nSPS) is 10.0. The molecule has 5 nitrogen and oxygen atoms in total. The third-order valence-electron chi connectivity index (χ3n) is 2.28. The van der Waals surface area contributed by atoms with Crippen LogP contribution in [0.1, 0.15) is 35.7 Å². The van der Waals surface area contributed by atoms with E-state index in [1.165, 1.54) is 7.11 Å². The maximum Gasteiger partial charge on any atom is 0.376 e. The van der Waals surface area contributed by atoms with E-state index in [9.17, 15) is 4.79 Å². The van der Waals surface area contributed by atoms with Gasteiger partial charge in [0.1, 0.15) is 5.82 Å². The maximum absolute atomic E-state index is 11.3. The molecule has 0 aliphatic carbocycles. The molecule has 88 valence electrons. The summed E-state index contributed by atoms with van der Waals surface area (Å²) in [5.74, 6) is 0.316. The average molecular weight is 223 g/mol. The summed E-state index contributed by atoms with van der Waals surface area (Å²) in [5.41, 5.74) is 1.85. The molecule has 0 radical (unpaired) electrons. The van der Waals surface area contributed by atoms with E-state index in [2.05, 4.69) is 20.0 Å². The van der Waals surface area contributed by atoms with Crippen molar-refractivity contribution in [1.29, 1.82) is 0 Å². The lowest BCUT2D eigenvalue weighted by Gasteiger charge is -2.11. The van der Waals surface area contributed by atoms with E-state index in [0.717, 1.165) is 30.0 Å². The molecule has 0 fully saturated rings. The molecule has 0 aromatic carbocycles. The monoisotopic (exact) mass is 223 g/mol. The fourth-order valence-corrected chi connectivity index (χ4v) is 1.52. The summed E-state index contributed by atoms with van der Waals surface area (Å²) in [6.45, 7) is 6.64. The van der Waals surface area contributed by atoms with Crippen molar-refractivity contribution >= 4 is 11.8 Å². The van der Waals surface area contributed by atoms with Gasteiger partial charge in [0.2, 0.25) is 5.82 Å². The molecule has 1 aromatic rings. The van der Waals surface area contributed by atoms with Gasteiger partial charge in [-0.1, -0.05) is 6.92 Å². The van der Waals surface area contributed by atoms with Crippen LogP contribution in [0, 0.1) is 6.92 Å². The van der Waals surface area contributed by atoms with E-state index in [0.29, 0.717) is 0 Å². The number of carbonyl (C=O) groups excluding carboxylic acids is 1. The van der Waals surface area contributed by atoms with E-state index in [4.69, 9.17) is 0 Å². The Labute approximate surface area is 95.3 Å². The molecule has 0 bridgehead atoms. The minimum absolute atomic E-state index is 0.105. The van der Waals surface area contributed by atoms with Crippen molar-refractivity contribution < 1.29 is 9.53 Å². The van der Waals surface area contributed by atoms with Gasteiger partial charge in [-0.15, -0.1) is 0 Å². The molecular formula is C11H17N3O2. The summed E-state index contributed by atoms with van der Waals surface area (Å²) in [6.07, 6.45) is 0.829. The second kappa shape index (κ2) is 5.44. The predicted octanol–water partition coefficient (Wildman–Crippen LogP) is 1.57. The SMILES string of the molecule is CCNc1nc(C(=O)OC)nc(C)c1CC. The maximum atomic E-state index is 11.3. The Morgan fingerprint density at radius 2 is 2.06 bits per heavy atom. The number of aryl methyl sites for hydroxylation is 1. The number of aromatic nitrogens is 2. The van der Waals surface area contributed by atoms with Crippen LogP contribution in [0.4, 0.5) is 5.82 Å². The first-order valence-electron chi connectivity index (χ1n) is 5.33. The second-order valence-corrected chi connectivity index (χ2v) is 3.34. The number of esters is 1. The van der Waals surface area contributed by atoms with Crippen LogP contribution in [0.5, 0.6) is 0 Å². The highest BCUT2D eigenvalue weighted by Crippen LogP contribution is 2.17. The summed E-state index contributed by atoms with van der Waals surface area (Å²) in [7, 11) is 1.32.